The summed E-state index contributed by atoms with van der Waals surface area (Å²) in [4.78, 5) is 2.41. The zero-order valence-electron chi connectivity index (χ0n) is 36.2. The van der Waals surface area contributed by atoms with Crippen LogP contribution in [0, 0.1) is 0 Å². The van der Waals surface area contributed by atoms with Crippen molar-refractivity contribution in [2.75, 3.05) is 4.90 Å². The largest absolute Gasteiger partial charge is 0.456 e. The minimum Gasteiger partial charge on any atom is -0.456 e. The molecule has 1 heterocycles. The molecular formula is C64H43NO. The molecule has 0 fully saturated rings. The summed E-state index contributed by atoms with van der Waals surface area (Å²) < 4.78 is 6.31. The van der Waals surface area contributed by atoms with E-state index in [1.807, 2.05) is 12.1 Å². The molecule has 0 unspecified atom stereocenters. The first-order valence-electron chi connectivity index (χ1n) is 22.6. The second-order valence-corrected chi connectivity index (χ2v) is 16.9. The summed E-state index contributed by atoms with van der Waals surface area (Å²) in [5.41, 5.74) is 19.0. The number of rotatable bonds is 9. The van der Waals surface area contributed by atoms with E-state index >= 15 is 0 Å². The molecular weight excluding hydrogens is 799 g/mol. The van der Waals surface area contributed by atoms with Crippen LogP contribution in [0.3, 0.4) is 0 Å². The maximum absolute atomic E-state index is 6.31. The number of para-hydroxylation sites is 1. The van der Waals surface area contributed by atoms with Crippen LogP contribution in [0.5, 0.6) is 0 Å². The highest BCUT2D eigenvalue weighted by molar-refractivity contribution is 6.06. The van der Waals surface area contributed by atoms with Gasteiger partial charge in [-0.15, -0.1) is 0 Å². The van der Waals surface area contributed by atoms with Gasteiger partial charge in [0.2, 0.25) is 0 Å². The minimum absolute atomic E-state index is 0.892. The molecule has 0 aliphatic carbocycles. The Morgan fingerprint density at radius 3 is 1.36 bits per heavy atom. The molecule has 0 saturated carbocycles. The van der Waals surface area contributed by atoms with Gasteiger partial charge in [-0.1, -0.05) is 200 Å². The molecule has 2 nitrogen and oxygen atoms in total. The average Bonchev–Trinajstić information content (AvgIpc) is 3.78. The summed E-state index contributed by atoms with van der Waals surface area (Å²) >= 11 is 0. The number of furan rings is 1. The van der Waals surface area contributed by atoms with Crippen molar-refractivity contribution in [3.05, 3.63) is 261 Å². The molecule has 0 radical (unpaired) electrons. The van der Waals surface area contributed by atoms with E-state index in [9.17, 15) is 0 Å². The third-order valence-electron chi connectivity index (χ3n) is 12.9. The molecule has 1 aromatic heterocycles. The van der Waals surface area contributed by atoms with E-state index in [1.54, 1.807) is 0 Å². The van der Waals surface area contributed by atoms with Crippen LogP contribution in [-0.4, -0.2) is 0 Å². The number of hydrogen-bond donors (Lipinski definition) is 0. The Morgan fingerprint density at radius 2 is 0.697 bits per heavy atom. The molecule has 12 rings (SSSR count). The van der Waals surface area contributed by atoms with Crippen LogP contribution < -0.4 is 4.90 Å². The maximum Gasteiger partial charge on any atom is 0.136 e. The van der Waals surface area contributed by atoms with Crippen LogP contribution >= 0.6 is 0 Å². The van der Waals surface area contributed by atoms with Gasteiger partial charge in [0.05, 0.1) is 5.69 Å². The number of fused-ring (bicyclic) bond motifs is 4. The maximum atomic E-state index is 6.31. The van der Waals surface area contributed by atoms with Gasteiger partial charge in [0.15, 0.2) is 0 Å². The summed E-state index contributed by atoms with van der Waals surface area (Å²) in [6, 6.07) is 94.0. The second-order valence-electron chi connectivity index (χ2n) is 16.9. The Kier molecular flexibility index (Phi) is 9.89. The fraction of sp³-hybridized carbons (Fsp3) is 0. The lowest BCUT2D eigenvalue weighted by atomic mass is 9.91. The van der Waals surface area contributed by atoms with Crippen molar-refractivity contribution in [2.24, 2.45) is 0 Å². The van der Waals surface area contributed by atoms with E-state index in [4.69, 9.17) is 4.42 Å². The van der Waals surface area contributed by atoms with Crippen LogP contribution in [0.1, 0.15) is 0 Å². The first kappa shape index (κ1) is 38.9. The van der Waals surface area contributed by atoms with Gasteiger partial charge in [-0.05, 0) is 133 Å². The summed E-state index contributed by atoms with van der Waals surface area (Å²) in [7, 11) is 0. The average molecular weight is 842 g/mol. The molecule has 66 heavy (non-hydrogen) atoms. The summed E-state index contributed by atoms with van der Waals surface area (Å²) in [5.74, 6) is 0. The number of nitrogens with zero attached hydrogens (tertiary/aromatic N) is 1. The van der Waals surface area contributed by atoms with E-state index in [0.717, 1.165) is 72.4 Å². The summed E-state index contributed by atoms with van der Waals surface area (Å²) in [6.07, 6.45) is 0. The van der Waals surface area contributed by atoms with Gasteiger partial charge in [-0.2, -0.15) is 0 Å². The Morgan fingerprint density at radius 1 is 0.242 bits per heavy atom. The van der Waals surface area contributed by atoms with E-state index in [1.165, 1.54) is 44.2 Å². The highest BCUT2D eigenvalue weighted by Crippen LogP contribution is 2.45. The SMILES string of the molecule is c1ccc(-c2ccc(-c3ccc(N(c4ccc(-c5ccc6c(c5)oc5ccccc56)cc4)c4cc(-c5ccc6ccccc6c5)ccc4-c4ccccc4)cc3)cc2-c2ccccc2)cc1. The number of benzene rings is 11. The molecule has 0 N–H and O–H groups in total. The zero-order valence-corrected chi connectivity index (χ0v) is 36.2. The van der Waals surface area contributed by atoms with Crippen molar-refractivity contribution in [3.8, 4) is 66.8 Å². The molecule has 0 atom stereocenters. The van der Waals surface area contributed by atoms with Crippen LogP contribution in [0.15, 0.2) is 265 Å². The van der Waals surface area contributed by atoms with Gasteiger partial charge < -0.3 is 9.32 Å². The predicted octanol–water partition coefficient (Wildman–Crippen LogP) is 18.2. The van der Waals surface area contributed by atoms with Gasteiger partial charge in [-0.3, -0.25) is 0 Å². The molecule has 0 aliphatic rings. The Bertz CT molecular complexity index is 3670. The van der Waals surface area contributed by atoms with Crippen molar-refractivity contribution >= 4 is 49.8 Å². The molecule has 0 amide bonds. The van der Waals surface area contributed by atoms with Gasteiger partial charge in [-0.25, -0.2) is 0 Å². The first-order valence-corrected chi connectivity index (χ1v) is 22.6. The van der Waals surface area contributed by atoms with E-state index in [0.29, 0.717) is 0 Å². The van der Waals surface area contributed by atoms with Crippen molar-refractivity contribution in [3.63, 3.8) is 0 Å². The predicted molar refractivity (Wildman–Crippen MR) is 279 cm³/mol. The van der Waals surface area contributed by atoms with Crippen molar-refractivity contribution in [1.82, 2.24) is 0 Å². The highest BCUT2D eigenvalue weighted by atomic mass is 16.3. The molecule has 0 aliphatic heterocycles. The van der Waals surface area contributed by atoms with Crippen LogP contribution in [0.25, 0.3) is 99.5 Å². The lowest BCUT2D eigenvalue weighted by molar-refractivity contribution is 0.669. The molecule has 310 valence electrons. The molecule has 2 heteroatoms. The van der Waals surface area contributed by atoms with Crippen molar-refractivity contribution in [2.45, 2.75) is 0 Å². The topological polar surface area (TPSA) is 16.4 Å². The zero-order chi connectivity index (χ0) is 43.8. The standard InChI is InChI=1S/C64H43NO/c1-4-15-47(16-5-1)57-37-30-52(41-61(57)49-19-8-3-9-20-49)45-26-33-55(34-27-45)65(56-35-28-46(29-36-56)54-32-39-60-59-22-12-13-23-63(59)66-64(60)43-54)62-42-53(31-38-58(62)48-17-6-2-7-18-48)51-25-24-44-14-10-11-21-50(44)40-51/h1-43H. The van der Waals surface area contributed by atoms with E-state index < -0.39 is 0 Å². The fourth-order valence-corrected chi connectivity index (χ4v) is 9.52. The smallest absolute Gasteiger partial charge is 0.136 e. The van der Waals surface area contributed by atoms with Gasteiger partial charge >= 0.3 is 0 Å². The Hall–Kier alpha value is -8.72. The van der Waals surface area contributed by atoms with Gasteiger partial charge in [0.25, 0.3) is 0 Å². The van der Waals surface area contributed by atoms with Gasteiger partial charge in [0.1, 0.15) is 11.2 Å². The molecule has 0 bridgehead atoms. The van der Waals surface area contributed by atoms with Gasteiger partial charge in [0, 0.05) is 27.7 Å². The monoisotopic (exact) mass is 841 g/mol. The Balaban J connectivity index is 0.996. The number of hydrogen-bond acceptors (Lipinski definition) is 2. The Labute approximate surface area is 384 Å². The molecule has 11 aromatic carbocycles. The third kappa shape index (κ3) is 7.31. The fourth-order valence-electron chi connectivity index (χ4n) is 9.52. The molecule has 0 saturated heterocycles. The van der Waals surface area contributed by atoms with E-state index in [2.05, 4.69) is 254 Å². The molecule has 12 aromatic rings. The quantitative estimate of drug-likeness (QED) is 0.144. The minimum atomic E-state index is 0.892. The molecule has 0 spiro atoms. The van der Waals surface area contributed by atoms with Crippen molar-refractivity contribution in [1.29, 1.82) is 0 Å². The highest BCUT2D eigenvalue weighted by Gasteiger charge is 2.20. The summed E-state index contributed by atoms with van der Waals surface area (Å²) in [5, 5.41) is 4.72. The van der Waals surface area contributed by atoms with E-state index in [-0.39, 0.29) is 0 Å². The third-order valence-corrected chi connectivity index (χ3v) is 12.9. The van der Waals surface area contributed by atoms with Crippen molar-refractivity contribution < 1.29 is 4.42 Å². The first-order chi connectivity index (χ1) is 32.7. The van der Waals surface area contributed by atoms with Crippen LogP contribution in [0.2, 0.25) is 0 Å². The second kappa shape index (κ2) is 16.8. The normalized spacial score (nSPS) is 11.3. The lowest BCUT2D eigenvalue weighted by Gasteiger charge is -2.29. The van der Waals surface area contributed by atoms with Crippen LogP contribution in [-0.2, 0) is 0 Å². The van der Waals surface area contributed by atoms with Crippen LogP contribution in [0.4, 0.5) is 17.1 Å². The number of anilines is 3. The summed E-state index contributed by atoms with van der Waals surface area (Å²) in [6.45, 7) is 0. The lowest BCUT2D eigenvalue weighted by Crippen LogP contribution is -2.11.